The molecule has 0 aromatic heterocycles. The van der Waals surface area contributed by atoms with Crippen LogP contribution in [0.5, 0.6) is 0 Å². The fourth-order valence-electron chi connectivity index (χ4n) is 4.27. The van der Waals surface area contributed by atoms with Gasteiger partial charge in [-0.05, 0) is 78.6 Å². The second-order valence-electron chi connectivity index (χ2n) is 11.5. The molecule has 0 aliphatic carbocycles. The molecule has 3 rings (SSSR count). The summed E-state index contributed by atoms with van der Waals surface area (Å²) in [6, 6.07) is 0. The molecule has 0 amide bonds. The van der Waals surface area contributed by atoms with Crippen LogP contribution in [0.4, 0.5) is 0 Å². The number of nitrogens with zero attached hydrogens (tertiary/aromatic N) is 3. The van der Waals surface area contributed by atoms with Gasteiger partial charge in [0.1, 0.15) is 0 Å². The molecule has 0 aromatic carbocycles. The molecule has 12 heteroatoms. The maximum Gasteiger partial charge on any atom is 0.216 e. The van der Waals surface area contributed by atoms with Crippen LogP contribution in [0.2, 0.25) is 0 Å². The lowest BCUT2D eigenvalue weighted by molar-refractivity contribution is 0.457. The van der Waals surface area contributed by atoms with Crippen LogP contribution in [0.25, 0.3) is 0 Å². The summed E-state index contributed by atoms with van der Waals surface area (Å²) in [7, 11) is -8.93. The molecule has 0 aromatic rings. The van der Waals surface area contributed by atoms with Gasteiger partial charge in [0, 0.05) is 39.3 Å². The molecule has 3 saturated heterocycles. The van der Waals surface area contributed by atoms with E-state index in [1.807, 2.05) is 0 Å². The van der Waals surface area contributed by atoms with Crippen molar-refractivity contribution in [1.29, 1.82) is 0 Å². The minimum atomic E-state index is -2.98. The third-order valence-electron chi connectivity index (χ3n) is 7.03. The van der Waals surface area contributed by atoms with Crippen LogP contribution in [-0.4, -0.2) is 93.2 Å². The Hall–Kier alpha value is -0.270. The Labute approximate surface area is 222 Å². The summed E-state index contributed by atoms with van der Waals surface area (Å²) >= 11 is 0. The summed E-state index contributed by atoms with van der Waals surface area (Å²) < 4.78 is 74.5. The van der Waals surface area contributed by atoms with Crippen molar-refractivity contribution in [3.05, 3.63) is 0 Å². The first-order valence-corrected chi connectivity index (χ1v) is 17.8. The second-order valence-corrected chi connectivity index (χ2v) is 19.0. The molecule has 36 heavy (non-hydrogen) atoms. The number of sulfonamides is 3. The Kier molecular flexibility index (Phi) is 12.8. The molecule has 9 nitrogen and oxygen atoms in total. The molecule has 0 saturated carbocycles. The van der Waals surface area contributed by atoms with E-state index in [9.17, 15) is 25.3 Å². The monoisotopic (exact) mass is 573 g/mol. The van der Waals surface area contributed by atoms with Crippen molar-refractivity contribution in [2.75, 3.05) is 39.3 Å². The normalized spacial score (nSPS) is 26.8. The summed E-state index contributed by atoms with van der Waals surface area (Å²) in [6.07, 6.45) is 3.02. The zero-order valence-electron chi connectivity index (χ0n) is 23.8. The first kappa shape index (κ1) is 33.8. The topological polar surface area (TPSA) is 112 Å². The highest BCUT2D eigenvalue weighted by molar-refractivity contribution is 7.90. The molecule has 3 fully saturated rings. The molecule has 0 radical (unpaired) electrons. The van der Waals surface area contributed by atoms with Crippen LogP contribution in [0.3, 0.4) is 0 Å². The Morgan fingerprint density at radius 1 is 0.472 bits per heavy atom. The van der Waals surface area contributed by atoms with Crippen molar-refractivity contribution >= 4 is 30.1 Å². The smallest absolute Gasteiger partial charge is 0.212 e. The second kappa shape index (κ2) is 13.7. The molecule has 0 spiro atoms. The van der Waals surface area contributed by atoms with Gasteiger partial charge in [0.05, 0.1) is 15.7 Å². The molecule has 0 N–H and O–H groups in total. The summed E-state index contributed by atoms with van der Waals surface area (Å²) in [5.74, 6) is 1.58. The Bertz CT molecular complexity index is 866. The zero-order chi connectivity index (χ0) is 28.1. The van der Waals surface area contributed by atoms with Crippen molar-refractivity contribution in [3.63, 3.8) is 0 Å². The predicted molar refractivity (Wildman–Crippen MR) is 148 cm³/mol. The van der Waals surface area contributed by atoms with Crippen molar-refractivity contribution in [2.24, 2.45) is 17.8 Å². The molecular weight excluding hydrogens is 522 g/mol. The predicted octanol–water partition coefficient (Wildman–Crippen LogP) is 3.20. The molecule has 0 bridgehead atoms. The quantitative estimate of drug-likeness (QED) is 0.482. The van der Waals surface area contributed by atoms with Crippen molar-refractivity contribution in [3.8, 4) is 0 Å². The lowest BCUT2D eigenvalue weighted by Crippen LogP contribution is -2.34. The molecule has 3 heterocycles. The third-order valence-corrected chi connectivity index (χ3v) is 13.8. The number of rotatable bonds is 6. The maximum atomic E-state index is 11.6. The SMILES string of the molecule is CC(C)S(=O)(=O)N1CC[C@@H](C)C1.CC(C)S(=O)(=O)N1CC[C@H](C)C1.CC1CCN(S(=O)(=O)C(C)C)C1. The van der Waals surface area contributed by atoms with Gasteiger partial charge in [-0.2, -0.15) is 0 Å². The van der Waals surface area contributed by atoms with E-state index < -0.39 is 30.1 Å². The van der Waals surface area contributed by atoms with E-state index in [0.29, 0.717) is 57.0 Å². The molecule has 1 unspecified atom stereocenters. The van der Waals surface area contributed by atoms with Crippen molar-refractivity contribution in [1.82, 2.24) is 12.9 Å². The summed E-state index contributed by atoms with van der Waals surface area (Å²) in [6.45, 7) is 20.9. The largest absolute Gasteiger partial charge is 0.216 e. The lowest BCUT2D eigenvalue weighted by Gasteiger charge is -2.18. The van der Waals surface area contributed by atoms with E-state index in [1.54, 1.807) is 54.5 Å². The molecule has 3 atom stereocenters. The fraction of sp³-hybridized carbons (Fsp3) is 1.00. The highest BCUT2D eigenvalue weighted by atomic mass is 32.2. The number of hydrogen-bond donors (Lipinski definition) is 0. The van der Waals surface area contributed by atoms with Gasteiger partial charge in [0.15, 0.2) is 0 Å². The molecular formula is C24H51N3O6S3. The summed E-state index contributed by atoms with van der Waals surface area (Å²) in [4.78, 5) is 0. The van der Waals surface area contributed by atoms with Gasteiger partial charge in [-0.1, -0.05) is 20.8 Å². The van der Waals surface area contributed by atoms with Crippen LogP contribution >= 0.6 is 0 Å². The minimum absolute atomic E-state index is 0.275. The third kappa shape index (κ3) is 9.18. The zero-order valence-corrected chi connectivity index (χ0v) is 26.3. The maximum absolute atomic E-state index is 11.6. The van der Waals surface area contributed by atoms with Gasteiger partial charge in [-0.25, -0.2) is 38.2 Å². The van der Waals surface area contributed by atoms with Gasteiger partial charge in [0.2, 0.25) is 30.1 Å². The van der Waals surface area contributed by atoms with Gasteiger partial charge < -0.3 is 0 Å². The van der Waals surface area contributed by atoms with Crippen LogP contribution in [0, 0.1) is 17.8 Å². The van der Waals surface area contributed by atoms with Crippen molar-refractivity contribution in [2.45, 2.75) is 97.3 Å². The van der Waals surface area contributed by atoms with Gasteiger partial charge in [-0.15, -0.1) is 0 Å². The fourth-order valence-corrected chi connectivity index (χ4v) is 8.53. The molecule has 3 aliphatic heterocycles. The Balaban J connectivity index is 0.000000270. The highest BCUT2D eigenvalue weighted by Crippen LogP contribution is 2.22. The van der Waals surface area contributed by atoms with E-state index >= 15 is 0 Å². The molecule has 216 valence electrons. The van der Waals surface area contributed by atoms with E-state index in [2.05, 4.69) is 20.8 Å². The summed E-state index contributed by atoms with van der Waals surface area (Å²) in [5.41, 5.74) is 0. The lowest BCUT2D eigenvalue weighted by atomic mass is 10.2. The van der Waals surface area contributed by atoms with Crippen LogP contribution in [0.1, 0.15) is 81.6 Å². The summed E-state index contributed by atoms with van der Waals surface area (Å²) in [5, 5.41) is -0.826. The van der Waals surface area contributed by atoms with Crippen molar-refractivity contribution < 1.29 is 25.3 Å². The van der Waals surface area contributed by atoms with Crippen LogP contribution < -0.4 is 0 Å². The van der Waals surface area contributed by atoms with E-state index in [-0.39, 0.29) is 15.7 Å². The average molecular weight is 574 g/mol. The van der Waals surface area contributed by atoms with Crippen LogP contribution in [0.15, 0.2) is 0 Å². The molecule has 3 aliphatic rings. The first-order valence-electron chi connectivity index (χ1n) is 13.3. The average Bonchev–Trinajstić information content (AvgIpc) is 3.50. The minimum Gasteiger partial charge on any atom is -0.212 e. The Morgan fingerprint density at radius 3 is 0.778 bits per heavy atom. The standard InChI is InChI=1S/3C8H17NO2S/c3*1-7(2)12(10,11)9-5-4-8(3)6-9/h3*7-8H,4-6H2,1-3H3/t2*8-;/m10./s1. The van der Waals surface area contributed by atoms with E-state index in [4.69, 9.17) is 0 Å². The Morgan fingerprint density at radius 2 is 0.667 bits per heavy atom. The van der Waals surface area contributed by atoms with Crippen LogP contribution in [-0.2, 0) is 30.1 Å². The van der Waals surface area contributed by atoms with E-state index in [1.165, 1.54) is 0 Å². The first-order chi connectivity index (χ1) is 16.3. The van der Waals surface area contributed by atoms with Gasteiger partial charge >= 0.3 is 0 Å². The van der Waals surface area contributed by atoms with Gasteiger partial charge in [-0.3, -0.25) is 0 Å². The van der Waals surface area contributed by atoms with Gasteiger partial charge in [0.25, 0.3) is 0 Å². The van der Waals surface area contributed by atoms with E-state index in [0.717, 1.165) is 19.3 Å². The number of hydrogen-bond acceptors (Lipinski definition) is 6. The highest BCUT2D eigenvalue weighted by Gasteiger charge is 2.32.